The van der Waals surface area contributed by atoms with Gasteiger partial charge in [-0.15, -0.1) is 0 Å². The van der Waals surface area contributed by atoms with E-state index in [1.54, 1.807) is 44.6 Å². The standard InChI is InChI=1S/C40H41N3O9/c1-47-24-25-50-36-35(44)33(52-38(36)43-23-22-34(42-39(43)46)41-37(45)27-10-6-4-7-11-27)26-51-40(28-12-8-5-9-13-28,29-14-18-31(48-2)19-15-29)30-16-20-32(49-3)21-17-30/h4-23,33,35-36,38,44H,24-26H2,1-3H3,(H,41,42,45,46)/t33-,35+,36-,38+/m1/s1. The summed E-state index contributed by atoms with van der Waals surface area (Å²) in [5.74, 6) is 1.01. The summed E-state index contributed by atoms with van der Waals surface area (Å²) in [6, 6.07) is 35.0. The van der Waals surface area contributed by atoms with E-state index in [0.29, 0.717) is 17.1 Å². The number of anilines is 1. The van der Waals surface area contributed by atoms with Crippen LogP contribution in [-0.4, -0.2) is 80.0 Å². The number of aliphatic hydroxyl groups excluding tert-OH is 1. The van der Waals surface area contributed by atoms with Gasteiger partial charge in [0.05, 0.1) is 34.0 Å². The summed E-state index contributed by atoms with van der Waals surface area (Å²) in [5.41, 5.74) is 0.965. The number of aromatic nitrogens is 2. The number of amides is 1. The Morgan fingerprint density at radius 2 is 1.38 bits per heavy atom. The highest BCUT2D eigenvalue weighted by Gasteiger charge is 2.48. The molecule has 270 valence electrons. The molecular weight excluding hydrogens is 666 g/mol. The quantitative estimate of drug-likeness (QED) is 0.115. The van der Waals surface area contributed by atoms with E-state index in [0.717, 1.165) is 16.7 Å². The molecule has 1 aliphatic rings. The van der Waals surface area contributed by atoms with E-state index in [9.17, 15) is 14.7 Å². The van der Waals surface area contributed by atoms with Crippen molar-refractivity contribution in [3.63, 3.8) is 0 Å². The Bertz CT molecular complexity index is 1910. The molecule has 2 N–H and O–H groups in total. The maximum absolute atomic E-state index is 13.4. The minimum Gasteiger partial charge on any atom is -0.497 e. The van der Waals surface area contributed by atoms with E-state index in [1.807, 2.05) is 78.9 Å². The van der Waals surface area contributed by atoms with Crippen molar-refractivity contribution in [3.05, 3.63) is 154 Å². The van der Waals surface area contributed by atoms with Crippen LogP contribution in [0.25, 0.3) is 0 Å². The first-order valence-electron chi connectivity index (χ1n) is 16.8. The number of nitrogens with one attached hydrogen (secondary N) is 1. The number of benzene rings is 4. The van der Waals surface area contributed by atoms with E-state index < -0.39 is 41.7 Å². The first-order chi connectivity index (χ1) is 25.4. The summed E-state index contributed by atoms with van der Waals surface area (Å²) < 4.78 is 36.8. The molecular formula is C40H41N3O9. The second kappa shape index (κ2) is 16.8. The van der Waals surface area contributed by atoms with Gasteiger partial charge in [-0.1, -0.05) is 72.8 Å². The first-order valence-corrected chi connectivity index (χ1v) is 16.8. The zero-order chi connectivity index (χ0) is 36.5. The summed E-state index contributed by atoms with van der Waals surface area (Å²) in [5, 5.41) is 14.4. The highest BCUT2D eigenvalue weighted by atomic mass is 16.6. The Morgan fingerprint density at radius 1 is 0.808 bits per heavy atom. The molecule has 6 rings (SSSR count). The van der Waals surface area contributed by atoms with Gasteiger partial charge in [-0.3, -0.25) is 9.36 Å². The smallest absolute Gasteiger partial charge is 0.351 e. The molecule has 1 aliphatic heterocycles. The fraction of sp³-hybridized carbons (Fsp3) is 0.275. The van der Waals surface area contributed by atoms with Crippen LogP contribution >= 0.6 is 0 Å². The fourth-order valence-corrected chi connectivity index (χ4v) is 6.26. The van der Waals surface area contributed by atoms with Crippen molar-refractivity contribution in [3.8, 4) is 11.5 Å². The Labute approximate surface area is 301 Å². The van der Waals surface area contributed by atoms with Gasteiger partial charge in [0.25, 0.3) is 5.91 Å². The molecule has 2 heterocycles. The predicted molar refractivity (Wildman–Crippen MR) is 193 cm³/mol. The van der Waals surface area contributed by atoms with Crippen LogP contribution in [0.2, 0.25) is 0 Å². The van der Waals surface area contributed by atoms with Gasteiger partial charge in [0.15, 0.2) is 6.23 Å². The third-order valence-electron chi connectivity index (χ3n) is 8.93. The fourth-order valence-electron chi connectivity index (χ4n) is 6.26. The van der Waals surface area contributed by atoms with Gasteiger partial charge in [0.2, 0.25) is 0 Å². The van der Waals surface area contributed by atoms with Gasteiger partial charge in [0.1, 0.15) is 41.2 Å². The molecule has 12 nitrogen and oxygen atoms in total. The van der Waals surface area contributed by atoms with Crippen LogP contribution in [0.3, 0.4) is 0 Å². The molecule has 0 bridgehead atoms. The normalized spacial score (nSPS) is 18.5. The number of methoxy groups -OCH3 is 3. The van der Waals surface area contributed by atoms with Gasteiger partial charge < -0.3 is 38.8 Å². The van der Waals surface area contributed by atoms with Crippen molar-refractivity contribution in [2.24, 2.45) is 0 Å². The molecule has 0 spiro atoms. The number of hydrogen-bond donors (Lipinski definition) is 2. The van der Waals surface area contributed by atoms with E-state index in [-0.39, 0.29) is 25.6 Å². The summed E-state index contributed by atoms with van der Waals surface area (Å²) >= 11 is 0. The van der Waals surface area contributed by atoms with Gasteiger partial charge >= 0.3 is 5.69 Å². The third-order valence-corrected chi connectivity index (χ3v) is 8.93. The number of aliphatic hydroxyl groups is 1. The van der Waals surface area contributed by atoms with Crippen LogP contribution in [0.1, 0.15) is 33.3 Å². The van der Waals surface area contributed by atoms with Crippen molar-refractivity contribution >= 4 is 11.7 Å². The van der Waals surface area contributed by atoms with Crippen LogP contribution in [0.15, 0.2) is 126 Å². The van der Waals surface area contributed by atoms with Gasteiger partial charge in [-0.25, -0.2) is 4.79 Å². The maximum Gasteiger partial charge on any atom is 0.351 e. The lowest BCUT2D eigenvalue weighted by molar-refractivity contribution is -0.0993. The number of ether oxygens (including phenoxy) is 6. The molecule has 52 heavy (non-hydrogen) atoms. The average Bonchev–Trinajstić information content (AvgIpc) is 3.50. The lowest BCUT2D eigenvalue weighted by Gasteiger charge is -2.37. The molecule has 1 fully saturated rings. The van der Waals surface area contributed by atoms with Crippen molar-refractivity contribution < 1.29 is 38.3 Å². The molecule has 0 radical (unpaired) electrons. The Kier molecular flexibility index (Phi) is 11.7. The highest BCUT2D eigenvalue weighted by molar-refractivity contribution is 6.03. The minimum absolute atomic E-state index is 0.0667. The molecule has 4 aromatic carbocycles. The second-order valence-electron chi connectivity index (χ2n) is 12.0. The van der Waals surface area contributed by atoms with E-state index in [2.05, 4.69) is 10.3 Å². The maximum atomic E-state index is 13.4. The molecule has 4 atom stereocenters. The number of carbonyl (C=O) groups excluding carboxylic acids is 1. The topological polar surface area (TPSA) is 140 Å². The number of hydrogen-bond acceptors (Lipinski definition) is 10. The van der Waals surface area contributed by atoms with Crippen LogP contribution < -0.4 is 20.5 Å². The SMILES string of the molecule is COCCO[C@@H]1[C@@H](O)[C@@H](COC(c2ccccc2)(c2ccc(OC)cc2)c2ccc(OC)cc2)O[C@@H]1n1ccc(NC(=O)c2ccccc2)nc1=O. The van der Waals surface area contributed by atoms with Crippen LogP contribution in [0.5, 0.6) is 11.5 Å². The van der Waals surface area contributed by atoms with E-state index in [4.69, 9.17) is 28.4 Å². The van der Waals surface area contributed by atoms with E-state index >= 15 is 0 Å². The molecule has 0 saturated carbocycles. The molecule has 1 saturated heterocycles. The monoisotopic (exact) mass is 707 g/mol. The number of carbonyl (C=O) groups is 1. The van der Waals surface area contributed by atoms with Gasteiger partial charge in [-0.2, -0.15) is 4.98 Å². The van der Waals surface area contributed by atoms with Crippen molar-refractivity contribution in [2.75, 3.05) is 46.5 Å². The lowest BCUT2D eigenvalue weighted by Crippen LogP contribution is -2.41. The molecule has 5 aromatic rings. The van der Waals surface area contributed by atoms with E-state index in [1.165, 1.54) is 23.9 Å². The Balaban J connectivity index is 1.33. The zero-order valence-corrected chi connectivity index (χ0v) is 29.1. The highest BCUT2D eigenvalue weighted by Crippen LogP contribution is 2.43. The zero-order valence-electron chi connectivity index (χ0n) is 29.1. The van der Waals surface area contributed by atoms with Crippen LogP contribution in [-0.2, 0) is 24.5 Å². The van der Waals surface area contributed by atoms with Crippen LogP contribution in [0, 0.1) is 0 Å². The third kappa shape index (κ3) is 7.76. The molecule has 0 unspecified atom stereocenters. The minimum atomic E-state index is -1.22. The average molecular weight is 708 g/mol. The summed E-state index contributed by atoms with van der Waals surface area (Å²) in [6.07, 6.45) is -2.77. The molecule has 0 aliphatic carbocycles. The lowest BCUT2D eigenvalue weighted by atomic mass is 9.80. The largest absolute Gasteiger partial charge is 0.497 e. The number of nitrogens with zero attached hydrogens (tertiary/aromatic N) is 2. The first kappa shape index (κ1) is 36.4. The summed E-state index contributed by atoms with van der Waals surface area (Å²) in [6.45, 7) is 0.271. The van der Waals surface area contributed by atoms with Crippen LogP contribution in [0.4, 0.5) is 5.82 Å². The van der Waals surface area contributed by atoms with Crippen molar-refractivity contribution in [1.82, 2.24) is 9.55 Å². The molecule has 12 heteroatoms. The summed E-state index contributed by atoms with van der Waals surface area (Å²) in [7, 11) is 4.75. The number of rotatable bonds is 15. The van der Waals surface area contributed by atoms with Gasteiger partial charge in [0, 0.05) is 18.9 Å². The summed E-state index contributed by atoms with van der Waals surface area (Å²) in [4.78, 5) is 30.2. The second-order valence-corrected chi connectivity index (χ2v) is 12.0. The molecule has 1 amide bonds. The Hall–Kier alpha value is -5.37. The van der Waals surface area contributed by atoms with Crippen molar-refractivity contribution in [1.29, 1.82) is 0 Å². The molecule has 1 aromatic heterocycles. The Morgan fingerprint density at radius 3 is 1.94 bits per heavy atom. The van der Waals surface area contributed by atoms with Crippen molar-refractivity contribution in [2.45, 2.75) is 30.1 Å². The predicted octanol–water partition coefficient (Wildman–Crippen LogP) is 4.81. The van der Waals surface area contributed by atoms with Gasteiger partial charge in [-0.05, 0) is 59.2 Å².